The summed E-state index contributed by atoms with van der Waals surface area (Å²) in [4.78, 5) is 21.0. The van der Waals surface area contributed by atoms with Crippen molar-refractivity contribution in [3.05, 3.63) is 33.6 Å². The largest absolute Gasteiger partial charge is 0.478 e. The zero-order valence-corrected chi connectivity index (χ0v) is 11.3. The molecular formula is C12H13FN2O4S. The van der Waals surface area contributed by atoms with Crippen molar-refractivity contribution < 1.29 is 19.2 Å². The van der Waals surface area contributed by atoms with E-state index in [9.17, 15) is 19.3 Å². The number of carboxylic acids is 1. The Kier molecular flexibility index (Phi) is 4.43. The van der Waals surface area contributed by atoms with Gasteiger partial charge in [0.1, 0.15) is 11.5 Å². The molecule has 2 rings (SSSR count). The van der Waals surface area contributed by atoms with Gasteiger partial charge in [0, 0.05) is 11.8 Å². The van der Waals surface area contributed by atoms with Gasteiger partial charge in [-0.1, -0.05) is 0 Å². The molecule has 8 heteroatoms. The maximum atomic E-state index is 13.5. The quantitative estimate of drug-likeness (QED) is 0.641. The van der Waals surface area contributed by atoms with Crippen LogP contribution in [0.3, 0.4) is 0 Å². The summed E-state index contributed by atoms with van der Waals surface area (Å²) in [5, 5.41) is 23.0. The predicted octanol–water partition coefficient (Wildman–Crippen LogP) is 2.74. The Hall–Kier alpha value is -1.83. The van der Waals surface area contributed by atoms with E-state index < -0.39 is 28.0 Å². The highest BCUT2D eigenvalue weighted by atomic mass is 32.2. The highest BCUT2D eigenvalue weighted by molar-refractivity contribution is 8.00. The Balaban J connectivity index is 2.25. The summed E-state index contributed by atoms with van der Waals surface area (Å²) in [6, 6.07) is 1.63. The van der Waals surface area contributed by atoms with Gasteiger partial charge < -0.3 is 10.4 Å². The number of nitro groups is 1. The maximum Gasteiger partial charge on any atom is 0.338 e. The third-order valence-electron chi connectivity index (χ3n) is 3.06. The monoisotopic (exact) mass is 300 g/mol. The number of aromatic carboxylic acids is 1. The molecule has 0 aliphatic carbocycles. The summed E-state index contributed by atoms with van der Waals surface area (Å²) in [5.41, 5.74) is -0.978. The van der Waals surface area contributed by atoms with Gasteiger partial charge in [-0.15, -0.1) is 0 Å². The Morgan fingerprint density at radius 1 is 1.60 bits per heavy atom. The molecule has 1 aliphatic heterocycles. The lowest BCUT2D eigenvalue weighted by molar-refractivity contribution is -0.384. The number of hydrogen-bond donors (Lipinski definition) is 2. The van der Waals surface area contributed by atoms with Crippen molar-refractivity contribution >= 4 is 29.1 Å². The fraction of sp³-hybridized carbons (Fsp3) is 0.417. The normalized spacial score (nSPS) is 17.9. The number of nitrogens with one attached hydrogen (secondary N) is 1. The van der Waals surface area contributed by atoms with E-state index in [0.29, 0.717) is 17.9 Å². The number of hydrogen-bond acceptors (Lipinski definition) is 5. The van der Waals surface area contributed by atoms with Crippen LogP contribution < -0.4 is 5.32 Å². The first kappa shape index (κ1) is 14.6. The molecule has 1 heterocycles. The summed E-state index contributed by atoms with van der Waals surface area (Å²) in [7, 11) is 0. The molecule has 2 N–H and O–H groups in total. The zero-order chi connectivity index (χ0) is 14.7. The van der Waals surface area contributed by atoms with Gasteiger partial charge in [0.15, 0.2) is 0 Å². The molecule has 1 aromatic carbocycles. The topological polar surface area (TPSA) is 92.5 Å². The molecule has 1 aliphatic rings. The second-order valence-electron chi connectivity index (χ2n) is 4.43. The van der Waals surface area contributed by atoms with Crippen LogP contribution in [0.25, 0.3) is 0 Å². The SMILES string of the molecule is O=C(O)c1cc(NCC2CCCS2)c([N+](=O)[O-])cc1F. The van der Waals surface area contributed by atoms with Crippen LogP contribution in [0.15, 0.2) is 12.1 Å². The molecule has 1 fully saturated rings. The molecule has 1 aromatic rings. The van der Waals surface area contributed by atoms with E-state index in [1.807, 2.05) is 0 Å². The summed E-state index contributed by atoms with van der Waals surface area (Å²) in [5.74, 6) is -1.50. The van der Waals surface area contributed by atoms with E-state index in [-0.39, 0.29) is 5.69 Å². The first-order valence-electron chi connectivity index (χ1n) is 6.05. The number of nitro benzene ring substituents is 1. The molecule has 0 saturated carbocycles. The Labute approximate surface area is 118 Å². The van der Waals surface area contributed by atoms with Crippen LogP contribution in [0, 0.1) is 15.9 Å². The number of thioether (sulfide) groups is 1. The number of anilines is 1. The van der Waals surface area contributed by atoms with Gasteiger partial charge in [-0.05, 0) is 24.7 Å². The van der Waals surface area contributed by atoms with Crippen molar-refractivity contribution in [3.8, 4) is 0 Å². The van der Waals surface area contributed by atoms with Crippen molar-refractivity contribution in [2.45, 2.75) is 18.1 Å². The number of benzene rings is 1. The molecule has 6 nitrogen and oxygen atoms in total. The molecule has 0 aromatic heterocycles. The summed E-state index contributed by atoms with van der Waals surface area (Å²) in [6.07, 6.45) is 2.11. The average Bonchev–Trinajstić information content (AvgIpc) is 2.89. The first-order valence-corrected chi connectivity index (χ1v) is 7.10. The number of rotatable bonds is 5. The molecule has 20 heavy (non-hydrogen) atoms. The average molecular weight is 300 g/mol. The Morgan fingerprint density at radius 3 is 2.90 bits per heavy atom. The third kappa shape index (κ3) is 3.19. The number of carbonyl (C=O) groups is 1. The summed E-state index contributed by atoms with van der Waals surface area (Å²) < 4.78 is 13.5. The van der Waals surface area contributed by atoms with Gasteiger partial charge in [0.25, 0.3) is 5.69 Å². The summed E-state index contributed by atoms with van der Waals surface area (Å²) >= 11 is 1.77. The van der Waals surface area contributed by atoms with Crippen LogP contribution in [0.2, 0.25) is 0 Å². The fourth-order valence-corrected chi connectivity index (χ4v) is 3.25. The molecule has 0 bridgehead atoms. The number of nitrogens with zero attached hydrogens (tertiary/aromatic N) is 1. The van der Waals surface area contributed by atoms with Crippen molar-refractivity contribution in [3.63, 3.8) is 0 Å². The van der Waals surface area contributed by atoms with Gasteiger partial charge in [-0.25, -0.2) is 9.18 Å². The smallest absolute Gasteiger partial charge is 0.338 e. The zero-order valence-electron chi connectivity index (χ0n) is 10.5. The van der Waals surface area contributed by atoms with E-state index in [1.165, 1.54) is 0 Å². The highest BCUT2D eigenvalue weighted by Crippen LogP contribution is 2.30. The molecule has 108 valence electrons. The third-order valence-corrected chi connectivity index (χ3v) is 4.45. The van der Waals surface area contributed by atoms with Crippen LogP contribution in [-0.2, 0) is 0 Å². The lowest BCUT2D eigenvalue weighted by atomic mass is 10.1. The van der Waals surface area contributed by atoms with Gasteiger partial charge in [-0.3, -0.25) is 10.1 Å². The lowest BCUT2D eigenvalue weighted by Crippen LogP contribution is -2.15. The van der Waals surface area contributed by atoms with Gasteiger partial charge in [-0.2, -0.15) is 11.8 Å². The Morgan fingerprint density at radius 2 is 2.35 bits per heavy atom. The molecule has 0 amide bonds. The standard InChI is InChI=1S/C12H13FN2O4S/c13-9-5-11(15(18)19)10(4-8(9)12(16)17)14-6-7-2-1-3-20-7/h4-5,7,14H,1-3,6H2,(H,16,17). The molecule has 1 saturated heterocycles. The molecule has 1 unspecified atom stereocenters. The summed E-state index contributed by atoms with van der Waals surface area (Å²) in [6.45, 7) is 0.496. The van der Waals surface area contributed by atoms with E-state index in [1.54, 1.807) is 11.8 Å². The molecule has 1 atom stereocenters. The van der Waals surface area contributed by atoms with Gasteiger partial charge >= 0.3 is 5.97 Å². The second-order valence-corrected chi connectivity index (χ2v) is 5.84. The Bertz CT molecular complexity index is 547. The minimum absolute atomic E-state index is 0.0429. The number of halogens is 1. The van der Waals surface area contributed by atoms with E-state index in [4.69, 9.17) is 5.11 Å². The highest BCUT2D eigenvalue weighted by Gasteiger charge is 2.23. The minimum atomic E-state index is -1.45. The fourth-order valence-electron chi connectivity index (χ4n) is 2.05. The number of carboxylic acid groups (broad SMARTS) is 1. The van der Waals surface area contributed by atoms with Crippen molar-refractivity contribution in [2.24, 2.45) is 0 Å². The predicted molar refractivity (Wildman–Crippen MR) is 74.0 cm³/mol. The van der Waals surface area contributed by atoms with E-state index >= 15 is 0 Å². The molecular weight excluding hydrogens is 287 g/mol. The van der Waals surface area contributed by atoms with Crippen molar-refractivity contribution in [1.82, 2.24) is 0 Å². The van der Waals surface area contributed by atoms with Crippen molar-refractivity contribution in [1.29, 1.82) is 0 Å². The molecule has 0 radical (unpaired) electrons. The first-order chi connectivity index (χ1) is 9.49. The van der Waals surface area contributed by atoms with E-state index in [2.05, 4.69) is 5.32 Å². The van der Waals surface area contributed by atoms with Crippen LogP contribution in [-0.4, -0.2) is 33.5 Å². The van der Waals surface area contributed by atoms with Crippen LogP contribution in [0.5, 0.6) is 0 Å². The van der Waals surface area contributed by atoms with E-state index in [0.717, 1.165) is 24.7 Å². The van der Waals surface area contributed by atoms with Crippen molar-refractivity contribution in [2.75, 3.05) is 17.6 Å². The van der Waals surface area contributed by atoms with Crippen LogP contribution in [0.4, 0.5) is 15.8 Å². The van der Waals surface area contributed by atoms with Gasteiger partial charge in [0.05, 0.1) is 16.6 Å². The van der Waals surface area contributed by atoms with Gasteiger partial charge in [0.2, 0.25) is 0 Å². The van der Waals surface area contributed by atoms with Crippen LogP contribution >= 0.6 is 11.8 Å². The second kappa shape index (κ2) is 6.08. The molecule has 0 spiro atoms. The minimum Gasteiger partial charge on any atom is -0.478 e. The van der Waals surface area contributed by atoms with Crippen LogP contribution in [0.1, 0.15) is 23.2 Å². The maximum absolute atomic E-state index is 13.5. The lowest BCUT2D eigenvalue weighted by Gasteiger charge is -2.12.